The zero-order valence-electron chi connectivity index (χ0n) is 20.3. The number of halogens is 1. The molecule has 0 bridgehead atoms. The first-order chi connectivity index (χ1) is 16.9. The summed E-state index contributed by atoms with van der Waals surface area (Å²) in [5.41, 5.74) is 7.67. The minimum Gasteiger partial charge on any atom is -0.369 e. The van der Waals surface area contributed by atoms with Gasteiger partial charge in [0.05, 0.1) is 12.5 Å². The highest BCUT2D eigenvalue weighted by atomic mass is 19.1. The van der Waals surface area contributed by atoms with Crippen molar-refractivity contribution >= 4 is 23.3 Å². The molecule has 1 aliphatic carbocycles. The predicted octanol–water partition coefficient (Wildman–Crippen LogP) is 1.72. The van der Waals surface area contributed by atoms with Crippen LogP contribution in [-0.4, -0.2) is 91.6 Å². The molecule has 0 radical (unpaired) electrons. The molecule has 4 fully saturated rings. The van der Waals surface area contributed by atoms with E-state index in [-0.39, 0.29) is 30.8 Å². The zero-order chi connectivity index (χ0) is 24.7. The number of carbonyl (C=O) groups excluding carboxylic acids is 3. The number of primary amides is 1. The average Bonchev–Trinajstić information content (AvgIpc) is 3.59. The van der Waals surface area contributed by atoms with Crippen LogP contribution in [0.1, 0.15) is 54.4 Å². The van der Waals surface area contributed by atoms with Gasteiger partial charge < -0.3 is 25.2 Å². The van der Waals surface area contributed by atoms with Gasteiger partial charge in [0.2, 0.25) is 11.8 Å². The van der Waals surface area contributed by atoms with Crippen LogP contribution in [0.15, 0.2) is 18.2 Å². The van der Waals surface area contributed by atoms with Crippen LogP contribution in [0.25, 0.3) is 0 Å². The van der Waals surface area contributed by atoms with Gasteiger partial charge in [-0.15, -0.1) is 0 Å². The van der Waals surface area contributed by atoms with Crippen LogP contribution in [-0.2, 0) is 14.3 Å². The summed E-state index contributed by atoms with van der Waals surface area (Å²) in [6.07, 6.45) is 1.40. The molecule has 1 aromatic rings. The Bertz CT molecular complexity index is 990. The molecule has 4 aliphatic rings. The van der Waals surface area contributed by atoms with E-state index in [9.17, 15) is 18.8 Å². The molecule has 2 amide bonds. The van der Waals surface area contributed by atoms with E-state index in [1.807, 2.05) is 12.1 Å². The van der Waals surface area contributed by atoms with E-state index >= 15 is 0 Å². The van der Waals surface area contributed by atoms with Crippen molar-refractivity contribution in [2.75, 3.05) is 50.8 Å². The first-order valence-electron chi connectivity index (χ1n) is 12.9. The summed E-state index contributed by atoms with van der Waals surface area (Å²) in [4.78, 5) is 45.1. The van der Waals surface area contributed by atoms with Crippen LogP contribution in [0, 0.1) is 5.92 Å². The number of rotatable bonds is 6. The summed E-state index contributed by atoms with van der Waals surface area (Å²) in [6, 6.07) is 4.68. The first-order valence-corrected chi connectivity index (χ1v) is 12.9. The number of amides is 2. The third-order valence-corrected chi connectivity index (χ3v) is 8.36. The standard InChI is InChI=1S/C26H35FN4O4/c1-2-29-9-11-30(12-10-29)17-7-8-18(25(28)33)19(13-17)22(16-5-3-4-6-16)26(34)31-14-20(27)24-23(31)21(32)15-35-24/h7-8,13,16,20,22-24H,2-6,9-12,14-15H2,1H3,(H2,28,33)/t20-,22-,23+,24+/m0/s1. The fourth-order valence-corrected chi connectivity index (χ4v) is 6.43. The fraction of sp³-hybridized carbons (Fsp3) is 0.654. The van der Waals surface area contributed by atoms with Crippen molar-refractivity contribution in [1.82, 2.24) is 9.80 Å². The first kappa shape index (κ1) is 24.2. The molecule has 0 aromatic heterocycles. The van der Waals surface area contributed by atoms with Crippen molar-refractivity contribution in [1.29, 1.82) is 0 Å². The number of anilines is 1. The number of benzene rings is 1. The summed E-state index contributed by atoms with van der Waals surface area (Å²) in [7, 11) is 0. The van der Waals surface area contributed by atoms with Gasteiger partial charge in [-0.25, -0.2) is 4.39 Å². The minimum atomic E-state index is -1.39. The molecule has 9 heteroatoms. The van der Waals surface area contributed by atoms with Gasteiger partial charge in [0.15, 0.2) is 5.78 Å². The molecule has 0 spiro atoms. The van der Waals surface area contributed by atoms with Crippen molar-refractivity contribution in [3.8, 4) is 0 Å². The molecule has 35 heavy (non-hydrogen) atoms. The topological polar surface area (TPSA) is 96.2 Å². The van der Waals surface area contributed by atoms with Crippen LogP contribution in [0.2, 0.25) is 0 Å². The van der Waals surface area contributed by atoms with Gasteiger partial charge in [0.25, 0.3) is 0 Å². The Labute approximate surface area is 205 Å². The minimum absolute atomic E-state index is 0.0160. The molecule has 4 atom stereocenters. The van der Waals surface area contributed by atoms with E-state index in [2.05, 4.69) is 16.7 Å². The van der Waals surface area contributed by atoms with E-state index in [0.29, 0.717) is 11.1 Å². The highest BCUT2D eigenvalue weighted by Crippen LogP contribution is 2.43. The maximum absolute atomic E-state index is 14.7. The number of carbonyl (C=O) groups is 3. The number of likely N-dealkylation sites (tertiary alicyclic amines) is 1. The van der Waals surface area contributed by atoms with Crippen LogP contribution >= 0.6 is 0 Å². The van der Waals surface area contributed by atoms with E-state index in [1.54, 1.807) is 6.07 Å². The highest BCUT2D eigenvalue weighted by Gasteiger charge is 2.54. The van der Waals surface area contributed by atoms with E-state index in [4.69, 9.17) is 10.5 Å². The molecule has 8 nitrogen and oxygen atoms in total. The van der Waals surface area contributed by atoms with Crippen LogP contribution in [0.4, 0.5) is 10.1 Å². The van der Waals surface area contributed by atoms with Gasteiger partial charge in [-0.05, 0) is 49.1 Å². The van der Waals surface area contributed by atoms with Crippen molar-refractivity contribution in [2.45, 2.75) is 56.8 Å². The van der Waals surface area contributed by atoms with Crippen LogP contribution < -0.4 is 10.6 Å². The Morgan fingerprint density at radius 1 is 1.17 bits per heavy atom. The number of alkyl halides is 1. The summed E-state index contributed by atoms with van der Waals surface area (Å²) in [6.45, 7) is 6.45. The Morgan fingerprint density at radius 3 is 2.54 bits per heavy atom. The number of likely N-dealkylation sites (N-methyl/N-ethyl adjacent to an activating group) is 1. The summed E-state index contributed by atoms with van der Waals surface area (Å²) >= 11 is 0. The zero-order valence-corrected chi connectivity index (χ0v) is 20.3. The molecule has 2 N–H and O–H groups in total. The highest BCUT2D eigenvalue weighted by molar-refractivity contribution is 5.99. The SMILES string of the molecule is CCN1CCN(c2ccc(C(N)=O)c([C@@H](C(=O)N3C[C@H](F)[C@H]4OCC(=O)[C@H]43)C3CCCC3)c2)CC1. The molecule has 3 heterocycles. The van der Waals surface area contributed by atoms with Gasteiger partial charge in [0.1, 0.15) is 24.9 Å². The molecule has 3 saturated heterocycles. The van der Waals surface area contributed by atoms with Crippen LogP contribution in [0.3, 0.4) is 0 Å². The number of nitrogens with two attached hydrogens (primary N) is 1. The summed E-state index contributed by atoms with van der Waals surface area (Å²) in [5.74, 6) is -1.76. The maximum atomic E-state index is 14.7. The average molecular weight is 487 g/mol. The Hall–Kier alpha value is -2.52. The third kappa shape index (κ3) is 4.44. The molecular weight excluding hydrogens is 451 g/mol. The van der Waals surface area contributed by atoms with Gasteiger partial charge in [-0.1, -0.05) is 19.8 Å². The lowest BCUT2D eigenvalue weighted by Gasteiger charge is -2.36. The smallest absolute Gasteiger partial charge is 0.249 e. The summed E-state index contributed by atoms with van der Waals surface area (Å²) in [5, 5.41) is 0. The predicted molar refractivity (Wildman–Crippen MR) is 129 cm³/mol. The van der Waals surface area contributed by atoms with Crippen LogP contribution in [0.5, 0.6) is 0 Å². The second kappa shape index (κ2) is 9.85. The van der Waals surface area contributed by atoms with Crippen molar-refractivity contribution in [2.24, 2.45) is 11.7 Å². The number of hydrogen-bond acceptors (Lipinski definition) is 6. The van der Waals surface area contributed by atoms with Crippen molar-refractivity contribution in [3.63, 3.8) is 0 Å². The summed E-state index contributed by atoms with van der Waals surface area (Å²) < 4.78 is 20.1. The quantitative estimate of drug-likeness (QED) is 0.658. The third-order valence-electron chi connectivity index (χ3n) is 8.36. The number of fused-ring (bicyclic) bond motifs is 1. The maximum Gasteiger partial charge on any atom is 0.249 e. The molecule has 0 unspecified atom stereocenters. The normalized spacial score (nSPS) is 28.5. The number of ketones is 1. The molecule has 5 rings (SSSR count). The van der Waals surface area contributed by atoms with E-state index in [1.165, 1.54) is 4.90 Å². The number of ether oxygens (including phenoxy) is 1. The van der Waals surface area contributed by atoms with E-state index in [0.717, 1.165) is 64.1 Å². The monoisotopic (exact) mass is 486 g/mol. The van der Waals surface area contributed by atoms with Gasteiger partial charge >= 0.3 is 0 Å². The Kier molecular flexibility index (Phi) is 6.81. The molecule has 1 saturated carbocycles. The second-order valence-corrected chi connectivity index (χ2v) is 10.3. The lowest BCUT2D eigenvalue weighted by Crippen LogP contribution is -2.46. The lowest BCUT2D eigenvalue weighted by molar-refractivity contribution is -0.138. The van der Waals surface area contributed by atoms with Crippen molar-refractivity contribution in [3.05, 3.63) is 29.3 Å². The molecule has 3 aliphatic heterocycles. The molecule has 1 aromatic carbocycles. The van der Waals surface area contributed by atoms with Crippen molar-refractivity contribution < 1.29 is 23.5 Å². The lowest BCUT2D eigenvalue weighted by atomic mass is 9.80. The largest absolute Gasteiger partial charge is 0.369 e. The van der Waals surface area contributed by atoms with E-state index < -0.39 is 30.1 Å². The number of hydrogen-bond donors (Lipinski definition) is 1. The number of nitrogens with zero attached hydrogens (tertiary/aromatic N) is 3. The number of Topliss-reactive ketones (excluding diaryl/α,β-unsaturated/α-hetero) is 1. The molecule has 190 valence electrons. The van der Waals surface area contributed by atoms with Gasteiger partial charge in [-0.3, -0.25) is 14.4 Å². The second-order valence-electron chi connectivity index (χ2n) is 10.3. The van der Waals surface area contributed by atoms with Gasteiger partial charge in [-0.2, -0.15) is 0 Å². The fourth-order valence-electron chi connectivity index (χ4n) is 6.43. The number of piperazine rings is 1. The van der Waals surface area contributed by atoms with Gasteiger partial charge in [0, 0.05) is 37.4 Å². The Morgan fingerprint density at radius 2 is 1.89 bits per heavy atom. The molecular formula is C26H35FN4O4. The Balaban J connectivity index is 1.52.